The second-order valence-corrected chi connectivity index (χ2v) is 4.38. The van der Waals surface area contributed by atoms with Crippen LogP contribution in [-0.2, 0) is 9.13 Å². The number of phosphoric acid groups is 2. The van der Waals surface area contributed by atoms with Gasteiger partial charge in [0.15, 0.2) is 0 Å². The summed E-state index contributed by atoms with van der Waals surface area (Å²) in [5, 5.41) is 0. The molecule has 0 atom stereocenters. The van der Waals surface area contributed by atoms with E-state index < -0.39 is 21.3 Å². The van der Waals surface area contributed by atoms with Gasteiger partial charge in [0.05, 0.1) is 0 Å². The summed E-state index contributed by atoms with van der Waals surface area (Å²) >= 11 is 0. The lowest BCUT2D eigenvalue weighted by atomic mass is 10.7. The molecular weight excluding hydrogens is 298 g/mol. The molecule has 18 heavy (non-hydrogen) atoms. The molecule has 0 fully saturated rings. The molecule has 8 N–H and O–H groups in total. The maximum Gasteiger partial charge on any atom is 0.466 e. The fraction of sp³-hybridized carbons (Fsp3) is 0. The molecule has 0 unspecified atom stereocenters. The van der Waals surface area contributed by atoms with Crippen LogP contribution >= 0.6 is 15.6 Å². The molecule has 0 bridgehead atoms. The number of nitrogens with one attached hydrogen (secondary N) is 2. The van der Waals surface area contributed by atoms with E-state index in [2.05, 4.69) is 4.98 Å². The first-order valence-electron chi connectivity index (χ1n) is 3.63. The van der Waals surface area contributed by atoms with Gasteiger partial charge in [0.25, 0.3) is 5.56 Å². The molecule has 0 aliphatic rings. The predicted octanol–water partition coefficient (Wildman–Crippen LogP) is -2.79. The summed E-state index contributed by atoms with van der Waals surface area (Å²) in [6, 6.07) is 1.24. The van der Waals surface area contributed by atoms with Crippen molar-refractivity contribution in [1.82, 2.24) is 9.97 Å². The molecule has 106 valence electrons. The Morgan fingerprint density at radius 1 is 0.889 bits per heavy atom. The molecule has 0 radical (unpaired) electrons. The van der Waals surface area contributed by atoms with Gasteiger partial charge in [0, 0.05) is 12.3 Å². The van der Waals surface area contributed by atoms with Crippen LogP contribution in [-0.4, -0.2) is 39.3 Å². The normalized spacial score (nSPS) is 10.6. The topological polar surface area (TPSA) is 221 Å². The second kappa shape index (κ2) is 8.08. The van der Waals surface area contributed by atoms with Crippen molar-refractivity contribution < 1.29 is 38.5 Å². The first-order chi connectivity index (χ1) is 7.79. The largest absolute Gasteiger partial charge is 0.466 e. The number of rotatable bonds is 0. The standard InChI is InChI=1S/C4H4N2O2.2H3O4P/c7-3-1-2-5-4(8)6-3;2*1-5(2,3)4/h1-2H,(H2,5,6,7,8);2*(H3,1,2,3,4). The van der Waals surface area contributed by atoms with Crippen LogP contribution in [0.3, 0.4) is 0 Å². The van der Waals surface area contributed by atoms with E-state index in [1.165, 1.54) is 12.3 Å². The maximum atomic E-state index is 10.2. The maximum absolute atomic E-state index is 10.2. The van der Waals surface area contributed by atoms with Crippen molar-refractivity contribution in [2.45, 2.75) is 0 Å². The molecule has 1 aromatic rings. The average Bonchev–Trinajstić information content (AvgIpc) is 1.95. The molecule has 12 nitrogen and oxygen atoms in total. The summed E-state index contributed by atoms with van der Waals surface area (Å²) in [5.74, 6) is 0. The van der Waals surface area contributed by atoms with Gasteiger partial charge in [-0.3, -0.25) is 9.78 Å². The van der Waals surface area contributed by atoms with Crippen molar-refractivity contribution in [3.8, 4) is 0 Å². The van der Waals surface area contributed by atoms with Crippen LogP contribution in [0.25, 0.3) is 0 Å². The van der Waals surface area contributed by atoms with Crippen molar-refractivity contribution in [2.75, 3.05) is 0 Å². The highest BCUT2D eigenvalue weighted by molar-refractivity contribution is 7.45. The first-order valence-corrected chi connectivity index (χ1v) is 6.76. The van der Waals surface area contributed by atoms with E-state index in [1.54, 1.807) is 0 Å². The molecule has 0 spiro atoms. The third-order valence-electron chi connectivity index (χ3n) is 0.686. The Bertz CT molecular complexity index is 473. The van der Waals surface area contributed by atoms with Crippen LogP contribution < -0.4 is 11.2 Å². The minimum atomic E-state index is -4.64. The molecule has 14 heteroatoms. The molecule has 0 aliphatic heterocycles. The predicted molar refractivity (Wildman–Crippen MR) is 56.2 cm³/mol. The molecule has 0 saturated heterocycles. The number of hydrogen-bond donors (Lipinski definition) is 8. The van der Waals surface area contributed by atoms with Gasteiger partial charge in [-0.1, -0.05) is 0 Å². The highest BCUT2D eigenvalue weighted by Gasteiger charge is 2.00. The molecule has 0 saturated carbocycles. The van der Waals surface area contributed by atoms with E-state index >= 15 is 0 Å². The summed E-state index contributed by atoms with van der Waals surface area (Å²) < 4.78 is 17.8. The molecule has 0 aliphatic carbocycles. The summed E-state index contributed by atoms with van der Waals surface area (Å²) in [7, 11) is -9.28. The van der Waals surface area contributed by atoms with Crippen LogP contribution in [0.15, 0.2) is 21.9 Å². The lowest BCUT2D eigenvalue weighted by molar-refractivity contribution is 0.272. The fourth-order valence-corrected chi connectivity index (χ4v) is 0.383. The van der Waals surface area contributed by atoms with Crippen LogP contribution in [0, 0.1) is 0 Å². The Balaban J connectivity index is 0. The Labute approximate surface area is 98.1 Å². The van der Waals surface area contributed by atoms with E-state index in [0.29, 0.717) is 0 Å². The van der Waals surface area contributed by atoms with Crippen LogP contribution in [0.1, 0.15) is 0 Å². The third kappa shape index (κ3) is 36.3. The van der Waals surface area contributed by atoms with Crippen LogP contribution in [0.4, 0.5) is 0 Å². The Hall–Kier alpha value is -1.10. The van der Waals surface area contributed by atoms with Gasteiger partial charge >= 0.3 is 21.3 Å². The summed E-state index contributed by atoms with van der Waals surface area (Å²) in [5.41, 5.74) is -0.855. The number of H-pyrrole nitrogens is 2. The zero-order chi connectivity index (χ0) is 15.0. The molecule has 1 heterocycles. The van der Waals surface area contributed by atoms with Crippen LogP contribution in [0.2, 0.25) is 0 Å². The smallest absolute Gasteiger partial charge is 0.314 e. The zero-order valence-corrected chi connectivity index (χ0v) is 10.2. The van der Waals surface area contributed by atoms with Gasteiger partial charge in [-0.15, -0.1) is 0 Å². The van der Waals surface area contributed by atoms with E-state index in [4.69, 9.17) is 38.5 Å². The average molecular weight is 308 g/mol. The number of aromatic nitrogens is 2. The zero-order valence-electron chi connectivity index (χ0n) is 8.37. The van der Waals surface area contributed by atoms with Gasteiger partial charge in [0.2, 0.25) is 0 Å². The van der Waals surface area contributed by atoms with E-state index in [1.807, 2.05) is 4.98 Å². The summed E-state index contributed by atoms with van der Waals surface area (Å²) in [4.78, 5) is 67.8. The SMILES string of the molecule is O=P(O)(O)O.O=P(O)(O)O.O=c1cc[nH]c(=O)[nH]1. The van der Waals surface area contributed by atoms with E-state index in [-0.39, 0.29) is 5.56 Å². The molecule has 0 amide bonds. The second-order valence-electron chi connectivity index (χ2n) is 2.32. The fourth-order valence-electron chi connectivity index (χ4n) is 0.383. The Morgan fingerprint density at radius 3 is 1.39 bits per heavy atom. The molecular formula is C4H10N2O10P2. The summed E-state index contributed by atoms with van der Waals surface area (Å²) in [6.07, 6.45) is 1.29. The van der Waals surface area contributed by atoms with Crippen molar-refractivity contribution in [2.24, 2.45) is 0 Å². The van der Waals surface area contributed by atoms with Gasteiger partial charge in [0.1, 0.15) is 0 Å². The van der Waals surface area contributed by atoms with Crippen molar-refractivity contribution in [1.29, 1.82) is 0 Å². The monoisotopic (exact) mass is 308 g/mol. The summed E-state index contributed by atoms with van der Waals surface area (Å²) in [6.45, 7) is 0. The van der Waals surface area contributed by atoms with Crippen LogP contribution in [0.5, 0.6) is 0 Å². The molecule has 1 aromatic heterocycles. The van der Waals surface area contributed by atoms with Gasteiger partial charge in [-0.25, -0.2) is 13.9 Å². The Morgan fingerprint density at radius 2 is 1.22 bits per heavy atom. The van der Waals surface area contributed by atoms with Gasteiger partial charge in [-0.2, -0.15) is 0 Å². The molecule has 1 rings (SSSR count). The minimum Gasteiger partial charge on any atom is -0.314 e. The Kier molecular flexibility index (Phi) is 8.64. The highest BCUT2D eigenvalue weighted by Crippen LogP contribution is 2.26. The van der Waals surface area contributed by atoms with Crippen molar-refractivity contribution >= 4 is 15.6 Å². The third-order valence-corrected chi connectivity index (χ3v) is 0.686. The van der Waals surface area contributed by atoms with E-state index in [9.17, 15) is 9.59 Å². The number of aromatic amines is 2. The van der Waals surface area contributed by atoms with E-state index in [0.717, 1.165) is 0 Å². The van der Waals surface area contributed by atoms with Crippen molar-refractivity contribution in [3.05, 3.63) is 33.1 Å². The number of hydrogen-bond acceptors (Lipinski definition) is 4. The minimum absolute atomic E-state index is 0.381. The van der Waals surface area contributed by atoms with Gasteiger partial charge < -0.3 is 34.3 Å². The highest BCUT2D eigenvalue weighted by atomic mass is 31.2. The quantitative estimate of drug-likeness (QED) is 0.230. The first kappa shape index (κ1) is 19.2. The van der Waals surface area contributed by atoms with Gasteiger partial charge in [-0.05, 0) is 0 Å². The molecule has 0 aromatic carbocycles. The van der Waals surface area contributed by atoms with Crippen molar-refractivity contribution in [3.63, 3.8) is 0 Å². The lowest BCUT2D eigenvalue weighted by Gasteiger charge is -1.82. The lowest BCUT2D eigenvalue weighted by Crippen LogP contribution is -2.19.